The monoisotopic (exact) mass is 312 g/mol. The summed E-state index contributed by atoms with van der Waals surface area (Å²) in [4.78, 5) is 12.0. The van der Waals surface area contributed by atoms with Crippen LogP contribution >= 0.6 is 0 Å². The normalized spacial score (nSPS) is 10.4. The van der Waals surface area contributed by atoms with Gasteiger partial charge in [-0.25, -0.2) is 0 Å². The molecule has 0 saturated heterocycles. The molecule has 0 atom stereocenters. The van der Waals surface area contributed by atoms with E-state index in [2.05, 4.69) is 17.6 Å². The first-order valence-electron chi connectivity index (χ1n) is 7.80. The van der Waals surface area contributed by atoms with Crippen molar-refractivity contribution < 1.29 is 9.53 Å². The molecule has 122 valence electrons. The van der Waals surface area contributed by atoms with Crippen LogP contribution in [0.25, 0.3) is 0 Å². The molecular formula is C19H24N2O2. The summed E-state index contributed by atoms with van der Waals surface area (Å²) in [5.74, 6) is 0.875. The fraction of sp³-hybridized carbons (Fsp3) is 0.316. The number of rotatable bonds is 7. The second-order valence-electron chi connectivity index (χ2n) is 5.59. The van der Waals surface area contributed by atoms with Crippen molar-refractivity contribution in [1.29, 1.82) is 0 Å². The van der Waals surface area contributed by atoms with Gasteiger partial charge in [-0.1, -0.05) is 24.3 Å². The highest BCUT2D eigenvalue weighted by atomic mass is 16.5. The fourth-order valence-electron chi connectivity index (χ4n) is 2.32. The smallest absolute Gasteiger partial charge is 0.225 e. The first-order chi connectivity index (χ1) is 11.1. The second kappa shape index (κ2) is 8.34. The largest absolute Gasteiger partial charge is 0.496 e. The van der Waals surface area contributed by atoms with E-state index in [0.717, 1.165) is 17.0 Å². The molecule has 0 radical (unpaired) electrons. The van der Waals surface area contributed by atoms with E-state index in [0.29, 0.717) is 19.5 Å². The summed E-state index contributed by atoms with van der Waals surface area (Å²) in [6.07, 6.45) is 0.433. The molecule has 0 spiro atoms. The van der Waals surface area contributed by atoms with Gasteiger partial charge in [-0.15, -0.1) is 0 Å². The van der Waals surface area contributed by atoms with E-state index < -0.39 is 0 Å². The first-order valence-corrected chi connectivity index (χ1v) is 7.80. The predicted molar refractivity (Wildman–Crippen MR) is 93.9 cm³/mol. The van der Waals surface area contributed by atoms with Crippen molar-refractivity contribution in [2.45, 2.75) is 26.8 Å². The van der Waals surface area contributed by atoms with Crippen LogP contribution < -0.4 is 15.4 Å². The lowest BCUT2D eigenvalue weighted by atomic mass is 10.1. The molecule has 0 saturated carbocycles. The highest BCUT2D eigenvalue weighted by Crippen LogP contribution is 2.17. The van der Waals surface area contributed by atoms with Crippen LogP contribution in [0.2, 0.25) is 0 Å². The van der Waals surface area contributed by atoms with Crippen LogP contribution in [0, 0.1) is 13.8 Å². The number of carbonyl (C=O) groups is 1. The summed E-state index contributed by atoms with van der Waals surface area (Å²) in [5.41, 5.74) is 4.34. The molecule has 1 amide bonds. The zero-order valence-electron chi connectivity index (χ0n) is 14.0. The van der Waals surface area contributed by atoms with Crippen molar-refractivity contribution in [3.8, 4) is 5.75 Å². The lowest BCUT2D eigenvalue weighted by Gasteiger charge is -2.10. The Labute approximate surface area is 137 Å². The van der Waals surface area contributed by atoms with Gasteiger partial charge >= 0.3 is 0 Å². The molecule has 2 N–H and O–H groups in total. The minimum absolute atomic E-state index is 0.0146. The number of aryl methyl sites for hydroxylation is 2. The average molecular weight is 312 g/mol. The molecule has 2 rings (SSSR count). The number of nitrogens with one attached hydrogen (secondary N) is 2. The molecule has 0 unspecified atom stereocenters. The Hall–Kier alpha value is -2.33. The van der Waals surface area contributed by atoms with Gasteiger partial charge in [0.15, 0.2) is 0 Å². The van der Waals surface area contributed by atoms with E-state index in [1.54, 1.807) is 7.11 Å². The van der Waals surface area contributed by atoms with Crippen LogP contribution in [0.15, 0.2) is 42.5 Å². The van der Waals surface area contributed by atoms with Gasteiger partial charge in [0.25, 0.3) is 0 Å². The van der Waals surface area contributed by atoms with Gasteiger partial charge in [-0.2, -0.15) is 0 Å². The molecule has 23 heavy (non-hydrogen) atoms. The lowest BCUT2D eigenvalue weighted by Crippen LogP contribution is -2.21. The third-order valence-corrected chi connectivity index (χ3v) is 3.83. The number of carbonyl (C=O) groups excluding carboxylic acids is 1. The Balaban J connectivity index is 1.75. The molecule has 4 heteroatoms. The minimum Gasteiger partial charge on any atom is -0.496 e. The van der Waals surface area contributed by atoms with Gasteiger partial charge in [-0.05, 0) is 43.2 Å². The van der Waals surface area contributed by atoms with Crippen LogP contribution in [-0.2, 0) is 11.3 Å². The van der Waals surface area contributed by atoms with Crippen LogP contribution in [0.4, 0.5) is 5.69 Å². The Bertz CT molecular complexity index is 668. The number of benzene rings is 2. The number of methoxy groups -OCH3 is 1. The van der Waals surface area contributed by atoms with Gasteiger partial charge in [0, 0.05) is 30.8 Å². The summed E-state index contributed by atoms with van der Waals surface area (Å²) in [6.45, 7) is 5.40. The summed E-state index contributed by atoms with van der Waals surface area (Å²) >= 11 is 0. The van der Waals surface area contributed by atoms with Gasteiger partial charge in [-0.3, -0.25) is 4.79 Å². The molecule has 0 bridgehead atoms. The lowest BCUT2D eigenvalue weighted by molar-refractivity contribution is -0.116. The van der Waals surface area contributed by atoms with E-state index in [9.17, 15) is 4.79 Å². The zero-order valence-corrected chi connectivity index (χ0v) is 14.0. The van der Waals surface area contributed by atoms with E-state index >= 15 is 0 Å². The number of hydrogen-bond acceptors (Lipinski definition) is 3. The molecule has 4 nitrogen and oxygen atoms in total. The van der Waals surface area contributed by atoms with E-state index in [1.165, 1.54) is 11.1 Å². The van der Waals surface area contributed by atoms with Crippen molar-refractivity contribution >= 4 is 11.6 Å². The van der Waals surface area contributed by atoms with Gasteiger partial charge in [0.05, 0.1) is 7.11 Å². The highest BCUT2D eigenvalue weighted by Gasteiger charge is 2.04. The molecular weight excluding hydrogens is 288 g/mol. The number of amides is 1. The Kier molecular flexibility index (Phi) is 6.18. The summed E-state index contributed by atoms with van der Waals surface area (Å²) in [7, 11) is 1.66. The number of ether oxygens (including phenoxy) is 1. The van der Waals surface area contributed by atoms with Crippen LogP contribution in [-0.4, -0.2) is 19.6 Å². The van der Waals surface area contributed by atoms with Crippen molar-refractivity contribution in [2.24, 2.45) is 0 Å². The van der Waals surface area contributed by atoms with Gasteiger partial charge in [0.2, 0.25) is 5.91 Å². The topological polar surface area (TPSA) is 50.4 Å². The molecule has 0 aromatic heterocycles. The Morgan fingerprint density at radius 2 is 1.87 bits per heavy atom. The zero-order chi connectivity index (χ0) is 16.7. The predicted octanol–water partition coefficient (Wildman–Crippen LogP) is 3.43. The standard InChI is InChI=1S/C19H24N2O2/c1-14-8-9-17(12-15(14)2)21-19(22)10-11-20-13-16-6-4-5-7-18(16)23-3/h4-9,12,20H,10-11,13H2,1-3H3,(H,21,22). The SMILES string of the molecule is COc1ccccc1CNCCC(=O)Nc1ccc(C)c(C)c1. The quantitative estimate of drug-likeness (QED) is 0.770. The molecule has 2 aromatic rings. The molecule has 0 aliphatic rings. The molecule has 0 heterocycles. The average Bonchev–Trinajstić information content (AvgIpc) is 2.55. The summed E-state index contributed by atoms with van der Waals surface area (Å²) < 4.78 is 5.30. The van der Waals surface area contributed by atoms with Crippen LogP contribution in [0.1, 0.15) is 23.1 Å². The summed E-state index contributed by atoms with van der Waals surface area (Å²) in [6, 6.07) is 13.8. The molecule has 0 aliphatic carbocycles. The molecule has 0 fully saturated rings. The van der Waals surface area contributed by atoms with E-state index in [4.69, 9.17) is 4.74 Å². The first kappa shape index (κ1) is 17.0. The highest BCUT2D eigenvalue weighted by molar-refractivity contribution is 5.90. The maximum Gasteiger partial charge on any atom is 0.225 e. The number of anilines is 1. The fourth-order valence-corrected chi connectivity index (χ4v) is 2.32. The van der Waals surface area contributed by atoms with Crippen LogP contribution in [0.5, 0.6) is 5.75 Å². The van der Waals surface area contributed by atoms with E-state index in [1.807, 2.05) is 49.4 Å². The van der Waals surface area contributed by atoms with E-state index in [-0.39, 0.29) is 5.91 Å². The third kappa shape index (κ3) is 5.11. The summed E-state index contributed by atoms with van der Waals surface area (Å²) in [5, 5.41) is 6.20. The van der Waals surface area contributed by atoms with Crippen molar-refractivity contribution in [3.05, 3.63) is 59.2 Å². The molecule has 2 aromatic carbocycles. The Morgan fingerprint density at radius 3 is 2.61 bits per heavy atom. The Morgan fingerprint density at radius 1 is 1.09 bits per heavy atom. The maximum atomic E-state index is 12.0. The van der Waals surface area contributed by atoms with Crippen molar-refractivity contribution in [2.75, 3.05) is 19.0 Å². The molecule has 0 aliphatic heterocycles. The maximum absolute atomic E-state index is 12.0. The number of hydrogen-bond donors (Lipinski definition) is 2. The number of para-hydroxylation sites is 1. The van der Waals surface area contributed by atoms with Crippen LogP contribution in [0.3, 0.4) is 0 Å². The third-order valence-electron chi connectivity index (χ3n) is 3.83. The second-order valence-corrected chi connectivity index (χ2v) is 5.59. The van der Waals surface area contributed by atoms with Crippen molar-refractivity contribution in [1.82, 2.24) is 5.32 Å². The minimum atomic E-state index is 0.0146. The van der Waals surface area contributed by atoms with Crippen molar-refractivity contribution in [3.63, 3.8) is 0 Å². The van der Waals surface area contributed by atoms with Gasteiger partial charge in [0.1, 0.15) is 5.75 Å². The van der Waals surface area contributed by atoms with Gasteiger partial charge < -0.3 is 15.4 Å².